The molecular formula is C19H23NO. The molecule has 21 heavy (non-hydrogen) atoms. The highest BCUT2D eigenvalue weighted by atomic mass is 16.1. The zero-order chi connectivity index (χ0) is 15.2. The van der Waals surface area contributed by atoms with Gasteiger partial charge in [-0.05, 0) is 30.5 Å². The smallest absolute Gasteiger partial charge is 0.232 e. The van der Waals surface area contributed by atoms with Crippen molar-refractivity contribution in [1.29, 1.82) is 0 Å². The standard InChI is InChI=1S/C19H23NO/c1-4-15(3)18(16-8-6-5-7-9-16)19(21)20-17-12-10-14(2)11-13-17/h5-13,15,18H,4H2,1-3H3,(H,20,21)/t15-,18-/m1/s1. The molecule has 0 heterocycles. The Hall–Kier alpha value is -2.09. The van der Waals surface area contributed by atoms with Gasteiger partial charge in [-0.15, -0.1) is 0 Å². The van der Waals surface area contributed by atoms with E-state index < -0.39 is 0 Å². The van der Waals surface area contributed by atoms with Crippen molar-refractivity contribution in [2.75, 3.05) is 5.32 Å². The Balaban J connectivity index is 2.20. The van der Waals surface area contributed by atoms with Crippen molar-refractivity contribution in [3.63, 3.8) is 0 Å². The van der Waals surface area contributed by atoms with Gasteiger partial charge in [0, 0.05) is 5.69 Å². The van der Waals surface area contributed by atoms with Crippen molar-refractivity contribution < 1.29 is 4.79 Å². The maximum absolute atomic E-state index is 12.7. The zero-order valence-corrected chi connectivity index (χ0v) is 13.0. The van der Waals surface area contributed by atoms with E-state index >= 15 is 0 Å². The lowest BCUT2D eigenvalue weighted by Gasteiger charge is -2.22. The van der Waals surface area contributed by atoms with Crippen LogP contribution in [0.2, 0.25) is 0 Å². The van der Waals surface area contributed by atoms with E-state index in [0.29, 0.717) is 5.92 Å². The van der Waals surface area contributed by atoms with Gasteiger partial charge in [0.2, 0.25) is 5.91 Å². The van der Waals surface area contributed by atoms with Crippen LogP contribution < -0.4 is 5.32 Å². The van der Waals surface area contributed by atoms with Gasteiger partial charge in [-0.2, -0.15) is 0 Å². The van der Waals surface area contributed by atoms with Crippen molar-refractivity contribution in [2.45, 2.75) is 33.1 Å². The summed E-state index contributed by atoms with van der Waals surface area (Å²) in [6.45, 7) is 6.30. The van der Waals surface area contributed by atoms with Crippen LogP contribution in [0.3, 0.4) is 0 Å². The van der Waals surface area contributed by atoms with E-state index in [1.54, 1.807) is 0 Å². The second-order valence-electron chi connectivity index (χ2n) is 5.63. The largest absolute Gasteiger partial charge is 0.326 e. The molecule has 2 heteroatoms. The summed E-state index contributed by atoms with van der Waals surface area (Å²) in [5.74, 6) is 0.259. The van der Waals surface area contributed by atoms with Crippen LogP contribution in [0.15, 0.2) is 54.6 Å². The van der Waals surface area contributed by atoms with Gasteiger partial charge < -0.3 is 5.32 Å². The van der Waals surface area contributed by atoms with Gasteiger partial charge in [0.25, 0.3) is 0 Å². The van der Waals surface area contributed by atoms with Crippen molar-refractivity contribution in [1.82, 2.24) is 0 Å². The third-order valence-electron chi connectivity index (χ3n) is 3.97. The third kappa shape index (κ3) is 3.94. The van der Waals surface area contributed by atoms with Crippen LogP contribution in [0.1, 0.15) is 37.3 Å². The van der Waals surface area contributed by atoms with E-state index in [1.807, 2.05) is 61.5 Å². The lowest BCUT2D eigenvalue weighted by molar-refractivity contribution is -0.118. The Morgan fingerprint density at radius 3 is 2.24 bits per heavy atom. The van der Waals surface area contributed by atoms with Gasteiger partial charge in [-0.1, -0.05) is 68.3 Å². The van der Waals surface area contributed by atoms with Crippen molar-refractivity contribution >= 4 is 11.6 Å². The van der Waals surface area contributed by atoms with Crippen molar-refractivity contribution in [3.05, 3.63) is 65.7 Å². The van der Waals surface area contributed by atoms with Crippen LogP contribution in [-0.2, 0) is 4.79 Å². The van der Waals surface area contributed by atoms with E-state index in [2.05, 4.69) is 19.2 Å². The fourth-order valence-electron chi connectivity index (χ4n) is 2.49. The fourth-order valence-corrected chi connectivity index (χ4v) is 2.49. The number of hydrogen-bond donors (Lipinski definition) is 1. The molecule has 0 saturated carbocycles. The number of hydrogen-bond acceptors (Lipinski definition) is 1. The SMILES string of the molecule is CC[C@@H](C)[C@@H](C(=O)Nc1ccc(C)cc1)c1ccccc1. The number of carbonyl (C=O) groups excluding carboxylic acids is 1. The number of rotatable bonds is 5. The zero-order valence-electron chi connectivity index (χ0n) is 13.0. The normalized spacial score (nSPS) is 13.5. The van der Waals surface area contributed by atoms with Crippen molar-refractivity contribution in [3.8, 4) is 0 Å². The van der Waals surface area contributed by atoms with Gasteiger partial charge in [0.15, 0.2) is 0 Å². The van der Waals surface area contributed by atoms with E-state index in [0.717, 1.165) is 17.7 Å². The average Bonchev–Trinajstić information content (AvgIpc) is 2.50. The molecule has 0 aliphatic heterocycles. The average molecular weight is 281 g/mol. The summed E-state index contributed by atoms with van der Waals surface area (Å²) in [5.41, 5.74) is 3.13. The topological polar surface area (TPSA) is 29.1 Å². The molecule has 2 rings (SSSR count). The number of aryl methyl sites for hydroxylation is 1. The van der Waals surface area contributed by atoms with Crippen LogP contribution in [0.4, 0.5) is 5.69 Å². The van der Waals surface area contributed by atoms with Crippen LogP contribution in [0.25, 0.3) is 0 Å². The first-order valence-electron chi connectivity index (χ1n) is 7.54. The van der Waals surface area contributed by atoms with Gasteiger partial charge in [-0.25, -0.2) is 0 Å². The molecule has 2 atom stereocenters. The third-order valence-corrected chi connectivity index (χ3v) is 3.97. The lowest BCUT2D eigenvalue weighted by Crippen LogP contribution is -2.26. The monoisotopic (exact) mass is 281 g/mol. The molecular weight excluding hydrogens is 258 g/mol. The van der Waals surface area contributed by atoms with Crippen LogP contribution in [-0.4, -0.2) is 5.91 Å². The predicted molar refractivity (Wildman–Crippen MR) is 88.4 cm³/mol. The molecule has 2 aromatic carbocycles. The number of benzene rings is 2. The van der Waals surface area contributed by atoms with Crippen LogP contribution in [0, 0.1) is 12.8 Å². The molecule has 1 N–H and O–H groups in total. The Kier molecular flexibility index (Phi) is 5.15. The van der Waals surface area contributed by atoms with E-state index in [1.165, 1.54) is 5.56 Å². The number of carbonyl (C=O) groups is 1. The Morgan fingerprint density at radius 1 is 1.05 bits per heavy atom. The van der Waals surface area contributed by atoms with Gasteiger partial charge in [0.1, 0.15) is 0 Å². The van der Waals surface area contributed by atoms with Gasteiger partial charge in [-0.3, -0.25) is 4.79 Å². The predicted octanol–water partition coefficient (Wildman–Crippen LogP) is 4.76. The van der Waals surface area contributed by atoms with E-state index in [4.69, 9.17) is 0 Å². The maximum Gasteiger partial charge on any atom is 0.232 e. The summed E-state index contributed by atoms with van der Waals surface area (Å²) in [4.78, 5) is 12.7. The van der Waals surface area contributed by atoms with Gasteiger partial charge >= 0.3 is 0 Å². The molecule has 2 aromatic rings. The molecule has 110 valence electrons. The maximum atomic E-state index is 12.7. The molecule has 0 aromatic heterocycles. The summed E-state index contributed by atoms with van der Waals surface area (Å²) in [7, 11) is 0. The van der Waals surface area contributed by atoms with E-state index in [-0.39, 0.29) is 11.8 Å². The Morgan fingerprint density at radius 2 is 1.67 bits per heavy atom. The highest BCUT2D eigenvalue weighted by Gasteiger charge is 2.25. The molecule has 0 aliphatic carbocycles. The quantitative estimate of drug-likeness (QED) is 0.841. The van der Waals surface area contributed by atoms with Crippen molar-refractivity contribution in [2.24, 2.45) is 5.92 Å². The Labute approximate surface area is 127 Å². The summed E-state index contributed by atoms with van der Waals surface area (Å²) in [6, 6.07) is 17.9. The molecule has 0 radical (unpaired) electrons. The highest BCUT2D eigenvalue weighted by Crippen LogP contribution is 2.28. The molecule has 2 nitrogen and oxygen atoms in total. The van der Waals surface area contributed by atoms with E-state index in [9.17, 15) is 4.79 Å². The first-order valence-corrected chi connectivity index (χ1v) is 7.54. The molecule has 0 unspecified atom stereocenters. The molecule has 1 amide bonds. The lowest BCUT2D eigenvalue weighted by atomic mass is 9.85. The summed E-state index contributed by atoms with van der Waals surface area (Å²) in [6.07, 6.45) is 0.973. The highest BCUT2D eigenvalue weighted by molar-refractivity contribution is 5.96. The first kappa shape index (κ1) is 15.3. The minimum absolute atomic E-state index is 0.0689. The minimum atomic E-state index is -0.113. The molecule has 0 fully saturated rings. The number of amides is 1. The Bertz CT molecular complexity index is 574. The fraction of sp³-hybridized carbons (Fsp3) is 0.316. The second-order valence-corrected chi connectivity index (χ2v) is 5.63. The minimum Gasteiger partial charge on any atom is -0.326 e. The first-order chi connectivity index (χ1) is 10.1. The molecule has 0 saturated heterocycles. The molecule has 0 aliphatic rings. The molecule has 0 spiro atoms. The number of anilines is 1. The van der Waals surface area contributed by atoms with Gasteiger partial charge in [0.05, 0.1) is 5.92 Å². The number of nitrogens with one attached hydrogen (secondary N) is 1. The summed E-state index contributed by atoms with van der Waals surface area (Å²) in [5, 5.41) is 3.04. The van der Waals surface area contributed by atoms with Crippen LogP contribution >= 0.6 is 0 Å². The summed E-state index contributed by atoms with van der Waals surface area (Å²) < 4.78 is 0. The molecule has 0 bridgehead atoms. The summed E-state index contributed by atoms with van der Waals surface area (Å²) >= 11 is 0. The second kappa shape index (κ2) is 7.07. The van der Waals surface area contributed by atoms with Crippen LogP contribution in [0.5, 0.6) is 0 Å².